The van der Waals surface area contributed by atoms with Gasteiger partial charge in [-0.1, -0.05) is 6.92 Å². The molecule has 0 heterocycles. The van der Waals surface area contributed by atoms with E-state index in [0.29, 0.717) is 24.5 Å². The van der Waals surface area contributed by atoms with Crippen LogP contribution in [-0.4, -0.2) is 32.3 Å². The Hall–Kier alpha value is -1.75. The predicted molar refractivity (Wildman–Crippen MR) is 81.0 cm³/mol. The first-order valence-corrected chi connectivity index (χ1v) is 7.07. The van der Waals surface area contributed by atoms with Crippen molar-refractivity contribution in [1.29, 1.82) is 0 Å². The van der Waals surface area contributed by atoms with E-state index in [9.17, 15) is 4.79 Å². The molecule has 0 aliphatic heterocycles. The maximum Gasteiger partial charge on any atom is 0.340 e. The van der Waals surface area contributed by atoms with Crippen molar-refractivity contribution in [3.8, 4) is 0 Å². The van der Waals surface area contributed by atoms with E-state index in [1.54, 1.807) is 18.2 Å². The lowest BCUT2D eigenvalue weighted by molar-refractivity contribution is 0.0506. The SMILES string of the molecule is CCCOC(=O)c1cc(N)ccc1NCCCOCC. The van der Waals surface area contributed by atoms with Gasteiger partial charge in [0.2, 0.25) is 0 Å². The zero-order valence-corrected chi connectivity index (χ0v) is 12.3. The molecule has 0 amide bonds. The van der Waals surface area contributed by atoms with Crippen molar-refractivity contribution >= 4 is 17.3 Å². The normalized spacial score (nSPS) is 10.3. The smallest absolute Gasteiger partial charge is 0.340 e. The van der Waals surface area contributed by atoms with E-state index in [0.717, 1.165) is 31.7 Å². The van der Waals surface area contributed by atoms with E-state index in [1.165, 1.54) is 0 Å². The summed E-state index contributed by atoms with van der Waals surface area (Å²) < 4.78 is 10.4. The molecule has 5 heteroatoms. The number of anilines is 2. The van der Waals surface area contributed by atoms with Gasteiger partial charge in [-0.15, -0.1) is 0 Å². The first kappa shape index (κ1) is 16.3. The number of nitrogens with one attached hydrogen (secondary N) is 1. The summed E-state index contributed by atoms with van der Waals surface area (Å²) in [6.45, 7) is 6.49. The Kier molecular flexibility index (Phi) is 7.50. The number of carbonyl (C=O) groups excluding carboxylic acids is 1. The van der Waals surface area contributed by atoms with Crippen LogP contribution in [0.15, 0.2) is 18.2 Å². The minimum Gasteiger partial charge on any atom is -0.462 e. The molecule has 0 aliphatic rings. The van der Waals surface area contributed by atoms with Gasteiger partial charge in [-0.25, -0.2) is 4.79 Å². The van der Waals surface area contributed by atoms with Gasteiger partial charge in [-0.05, 0) is 38.0 Å². The van der Waals surface area contributed by atoms with Crippen LogP contribution in [0.2, 0.25) is 0 Å². The summed E-state index contributed by atoms with van der Waals surface area (Å²) in [5.41, 5.74) is 7.51. The fraction of sp³-hybridized carbons (Fsp3) is 0.533. The number of rotatable bonds is 9. The van der Waals surface area contributed by atoms with Crippen LogP contribution in [0.25, 0.3) is 0 Å². The number of hydrogen-bond acceptors (Lipinski definition) is 5. The van der Waals surface area contributed by atoms with Crippen molar-refractivity contribution in [1.82, 2.24) is 0 Å². The summed E-state index contributed by atoms with van der Waals surface area (Å²) >= 11 is 0. The highest BCUT2D eigenvalue weighted by atomic mass is 16.5. The summed E-state index contributed by atoms with van der Waals surface area (Å²) in [6.07, 6.45) is 1.67. The van der Waals surface area contributed by atoms with Crippen molar-refractivity contribution in [3.05, 3.63) is 23.8 Å². The molecule has 0 spiro atoms. The molecule has 1 aromatic rings. The lowest BCUT2D eigenvalue weighted by Gasteiger charge is -2.12. The maximum absolute atomic E-state index is 12.0. The van der Waals surface area contributed by atoms with E-state index in [1.807, 2.05) is 13.8 Å². The minimum absolute atomic E-state index is 0.341. The topological polar surface area (TPSA) is 73.6 Å². The fourth-order valence-electron chi connectivity index (χ4n) is 1.70. The lowest BCUT2D eigenvalue weighted by Crippen LogP contribution is -2.12. The number of ether oxygens (including phenoxy) is 2. The van der Waals surface area contributed by atoms with E-state index < -0.39 is 0 Å². The summed E-state index contributed by atoms with van der Waals surface area (Å²) in [5.74, 6) is -0.341. The molecule has 112 valence electrons. The zero-order valence-electron chi connectivity index (χ0n) is 12.3. The van der Waals surface area contributed by atoms with Gasteiger partial charge in [0, 0.05) is 31.1 Å². The van der Waals surface area contributed by atoms with Crippen molar-refractivity contribution in [2.45, 2.75) is 26.7 Å². The number of nitrogens with two attached hydrogens (primary N) is 1. The van der Waals surface area contributed by atoms with Crippen LogP contribution < -0.4 is 11.1 Å². The molecule has 0 saturated heterocycles. The average Bonchev–Trinajstić information content (AvgIpc) is 2.45. The minimum atomic E-state index is -0.341. The van der Waals surface area contributed by atoms with Crippen LogP contribution in [0.1, 0.15) is 37.0 Å². The molecule has 5 nitrogen and oxygen atoms in total. The van der Waals surface area contributed by atoms with Gasteiger partial charge in [0.25, 0.3) is 0 Å². The molecule has 0 bridgehead atoms. The van der Waals surface area contributed by atoms with E-state index >= 15 is 0 Å². The monoisotopic (exact) mass is 280 g/mol. The van der Waals surface area contributed by atoms with Crippen LogP contribution in [-0.2, 0) is 9.47 Å². The number of esters is 1. The average molecular weight is 280 g/mol. The van der Waals surface area contributed by atoms with Crippen LogP contribution in [0.4, 0.5) is 11.4 Å². The number of hydrogen-bond donors (Lipinski definition) is 2. The van der Waals surface area contributed by atoms with E-state index in [4.69, 9.17) is 15.2 Å². The first-order chi connectivity index (χ1) is 9.69. The van der Waals surface area contributed by atoms with Gasteiger partial charge < -0.3 is 20.5 Å². The molecule has 0 atom stereocenters. The second-order valence-corrected chi connectivity index (χ2v) is 4.42. The van der Waals surface area contributed by atoms with E-state index in [-0.39, 0.29) is 5.97 Å². The third-order valence-corrected chi connectivity index (χ3v) is 2.69. The third kappa shape index (κ3) is 5.48. The Morgan fingerprint density at radius 1 is 1.30 bits per heavy atom. The standard InChI is InChI=1S/C15H24N2O3/c1-3-9-20-15(18)13-11-12(16)6-7-14(13)17-8-5-10-19-4-2/h6-7,11,17H,3-5,8-10,16H2,1-2H3. The number of carbonyl (C=O) groups is 1. The maximum atomic E-state index is 12.0. The van der Waals surface area contributed by atoms with Gasteiger partial charge in [-0.3, -0.25) is 0 Å². The molecular formula is C15H24N2O3. The molecule has 0 unspecified atom stereocenters. The van der Waals surface area contributed by atoms with Gasteiger partial charge >= 0.3 is 5.97 Å². The lowest BCUT2D eigenvalue weighted by atomic mass is 10.1. The predicted octanol–water partition coefficient (Wildman–Crippen LogP) is 2.67. The van der Waals surface area contributed by atoms with Crippen LogP contribution in [0, 0.1) is 0 Å². The third-order valence-electron chi connectivity index (χ3n) is 2.69. The summed E-state index contributed by atoms with van der Waals surface area (Å²) in [5, 5.41) is 3.22. The Bertz CT molecular complexity index is 422. The molecule has 3 N–H and O–H groups in total. The summed E-state index contributed by atoms with van der Waals surface area (Å²) in [7, 11) is 0. The highest BCUT2D eigenvalue weighted by Crippen LogP contribution is 2.20. The fourth-order valence-corrected chi connectivity index (χ4v) is 1.70. The molecular weight excluding hydrogens is 256 g/mol. The Balaban J connectivity index is 2.62. The molecule has 0 radical (unpaired) electrons. The van der Waals surface area contributed by atoms with Crippen molar-refractivity contribution in [2.75, 3.05) is 37.4 Å². The van der Waals surface area contributed by atoms with Crippen molar-refractivity contribution in [2.24, 2.45) is 0 Å². The summed E-state index contributed by atoms with van der Waals surface area (Å²) in [6, 6.07) is 5.21. The van der Waals surface area contributed by atoms with E-state index in [2.05, 4.69) is 5.32 Å². The molecule has 0 aliphatic carbocycles. The molecule has 1 rings (SSSR count). The Morgan fingerprint density at radius 3 is 2.80 bits per heavy atom. The molecule has 1 aromatic carbocycles. The molecule has 20 heavy (non-hydrogen) atoms. The van der Waals surface area contributed by atoms with Crippen molar-refractivity contribution in [3.63, 3.8) is 0 Å². The molecule has 0 saturated carbocycles. The van der Waals surface area contributed by atoms with Crippen LogP contribution in [0.5, 0.6) is 0 Å². The highest BCUT2D eigenvalue weighted by molar-refractivity contribution is 5.96. The second-order valence-electron chi connectivity index (χ2n) is 4.42. The van der Waals surface area contributed by atoms with Gasteiger partial charge in [0.1, 0.15) is 0 Å². The highest BCUT2D eigenvalue weighted by Gasteiger charge is 2.13. The second kappa shape index (κ2) is 9.20. The quantitative estimate of drug-likeness (QED) is 0.413. The number of benzene rings is 1. The molecule has 0 aromatic heterocycles. The first-order valence-electron chi connectivity index (χ1n) is 7.07. The Morgan fingerprint density at radius 2 is 2.10 bits per heavy atom. The molecule has 0 fully saturated rings. The van der Waals surface area contributed by atoms with Gasteiger partial charge in [0.15, 0.2) is 0 Å². The summed E-state index contributed by atoms with van der Waals surface area (Å²) in [4.78, 5) is 12.0. The Labute approximate surface area is 120 Å². The zero-order chi connectivity index (χ0) is 14.8. The van der Waals surface area contributed by atoms with Crippen LogP contribution in [0.3, 0.4) is 0 Å². The largest absolute Gasteiger partial charge is 0.462 e. The van der Waals surface area contributed by atoms with Crippen LogP contribution >= 0.6 is 0 Å². The number of nitrogen functional groups attached to an aromatic ring is 1. The van der Waals surface area contributed by atoms with Crippen molar-refractivity contribution < 1.29 is 14.3 Å². The van der Waals surface area contributed by atoms with Gasteiger partial charge in [0.05, 0.1) is 12.2 Å². The van der Waals surface area contributed by atoms with Gasteiger partial charge in [-0.2, -0.15) is 0 Å².